The zero-order valence-corrected chi connectivity index (χ0v) is 32.1. The lowest BCUT2D eigenvalue weighted by Crippen LogP contribution is -2.33. The molecular weight excluding hydrogens is 671 g/mol. The predicted octanol–water partition coefficient (Wildman–Crippen LogP) is 10.8. The minimum absolute atomic E-state index is 0.238. The molecule has 11 nitrogen and oxygen atoms in total. The van der Waals surface area contributed by atoms with Gasteiger partial charge < -0.3 is 28.3 Å². The maximum absolute atomic E-state index is 10.3. The zero-order chi connectivity index (χ0) is 34.5. The van der Waals surface area contributed by atoms with Gasteiger partial charge in [-0.2, -0.15) is 0 Å². The first-order valence-electron chi connectivity index (χ1n) is 17.7. The van der Waals surface area contributed by atoms with Gasteiger partial charge in [0.15, 0.2) is 0 Å². The molecule has 0 amide bonds. The summed E-state index contributed by atoms with van der Waals surface area (Å²) in [6.45, 7) is 9.98. The van der Waals surface area contributed by atoms with Crippen molar-refractivity contribution in [2.45, 2.75) is 118 Å². The van der Waals surface area contributed by atoms with Gasteiger partial charge in [-0.25, -0.2) is 0 Å². The normalized spacial score (nSPS) is 18.1. The molecule has 1 aliphatic rings. The largest absolute Gasteiger partial charge is 0.435 e. The van der Waals surface area contributed by atoms with E-state index in [4.69, 9.17) is 32.3 Å². The molecule has 3 rings (SSSR count). The number of rotatable bonds is 26. The van der Waals surface area contributed by atoms with E-state index in [0.29, 0.717) is 49.1 Å². The Morgan fingerprint density at radius 1 is 0.604 bits per heavy atom. The highest BCUT2D eigenvalue weighted by atomic mass is 31.3. The van der Waals surface area contributed by atoms with E-state index in [1.54, 1.807) is 33.5 Å². The van der Waals surface area contributed by atoms with Crippen LogP contribution in [0.2, 0.25) is 0 Å². The number of hydrogen-bond acceptors (Lipinski definition) is 11. The summed E-state index contributed by atoms with van der Waals surface area (Å²) in [5.74, 6) is 0.833. The Morgan fingerprint density at radius 2 is 1.06 bits per heavy atom. The van der Waals surface area contributed by atoms with E-state index in [1.165, 1.54) is 0 Å². The summed E-state index contributed by atoms with van der Waals surface area (Å²) in [4.78, 5) is 13.2. The number of para-hydroxylation sites is 2. The number of unbranched alkanes of at least 4 members (excludes halogenated alkanes) is 8. The summed E-state index contributed by atoms with van der Waals surface area (Å²) in [5, 5.41) is 20.6. The highest BCUT2D eigenvalue weighted by Crippen LogP contribution is 2.78. The van der Waals surface area contributed by atoms with Crippen molar-refractivity contribution in [3.63, 3.8) is 0 Å². The fraction of sp³-hybridized carbons (Fsp3) is 0.647. The zero-order valence-electron chi connectivity index (χ0n) is 29.4. The maximum atomic E-state index is 10.3. The second-order valence-corrected chi connectivity index (χ2v) is 17.1. The second-order valence-electron chi connectivity index (χ2n) is 11.5. The number of aliphatic hydroxyl groups is 2. The lowest BCUT2D eigenvalue weighted by molar-refractivity contribution is -0.0783. The van der Waals surface area contributed by atoms with Crippen LogP contribution < -0.4 is 9.05 Å². The Labute approximate surface area is 291 Å². The predicted molar refractivity (Wildman–Crippen MR) is 195 cm³/mol. The third kappa shape index (κ3) is 12.9. The molecule has 2 aromatic carbocycles. The number of nitrogens with zero attached hydrogens (tertiary/aromatic N) is 3. The van der Waals surface area contributed by atoms with Crippen LogP contribution in [0.15, 0.2) is 53.0 Å². The van der Waals surface area contributed by atoms with E-state index in [-0.39, 0.29) is 13.2 Å². The van der Waals surface area contributed by atoms with Crippen molar-refractivity contribution in [1.29, 1.82) is 0 Å². The van der Waals surface area contributed by atoms with Gasteiger partial charge in [-0.05, 0) is 42.4 Å². The van der Waals surface area contributed by atoms with E-state index < -0.39 is 24.6 Å². The molecule has 0 radical (unpaired) electrons. The molecule has 14 heteroatoms. The molecule has 1 heterocycles. The Kier molecular flexibility index (Phi) is 20.7. The molecule has 2 N–H and O–H groups in total. The maximum Gasteiger partial charge on any atom is 0.435 e. The standard InChI is InChI=1S/C34H58N3O8P3/c1-5-9-17-25-40-36-46(42-27-19-11-7-3)35-48(44-33-23-15-13-21-31(33)29-38,45-34-24-16-14-22-32(34)30-39)37(41-26-18-10-6-2)47(36)43-28-20-12-8-4/h13-16,21-24,38-39H,5-12,17-20,25-30H2,1-4H3. The molecule has 1 aliphatic heterocycles. The third-order valence-electron chi connectivity index (χ3n) is 7.38. The third-order valence-corrected chi connectivity index (χ3v) is 14.4. The lowest BCUT2D eigenvalue weighted by Gasteiger charge is -2.45. The Balaban J connectivity index is 2.25. The van der Waals surface area contributed by atoms with Gasteiger partial charge in [-0.3, -0.25) is 9.68 Å². The van der Waals surface area contributed by atoms with Crippen molar-refractivity contribution in [2.75, 3.05) is 26.4 Å². The molecular formula is C34H58N3O8P3. The Morgan fingerprint density at radius 3 is 1.56 bits per heavy atom. The average molecular weight is 730 g/mol. The molecule has 0 saturated carbocycles. The van der Waals surface area contributed by atoms with Crippen LogP contribution in [0, 0.1) is 0 Å². The Bertz CT molecular complexity index is 1160. The molecule has 0 fully saturated rings. The van der Waals surface area contributed by atoms with Crippen molar-refractivity contribution >= 4 is 24.6 Å². The molecule has 0 saturated heterocycles. The molecule has 2 unspecified atom stereocenters. The van der Waals surface area contributed by atoms with Crippen molar-refractivity contribution < 1.29 is 38.0 Å². The van der Waals surface area contributed by atoms with Crippen LogP contribution in [0.25, 0.3) is 0 Å². The molecule has 2 atom stereocenters. The first-order chi connectivity index (χ1) is 23.6. The summed E-state index contributed by atoms with van der Waals surface area (Å²) < 4.78 is 35.9. The molecule has 2 aromatic rings. The van der Waals surface area contributed by atoms with Gasteiger partial charge in [0, 0.05) is 11.1 Å². The van der Waals surface area contributed by atoms with Crippen molar-refractivity contribution in [3.05, 3.63) is 59.7 Å². The second kappa shape index (κ2) is 24.1. The highest BCUT2D eigenvalue weighted by molar-refractivity contribution is 7.78. The SMILES string of the molecule is CCCCCON1P(OCCCCC)N=P(Oc2ccccc2CO)(Oc2ccccc2CO)N(OCCCCC)P1OCCCCC. The first-order valence-corrected chi connectivity index (χ1v) is 21.5. The van der Waals surface area contributed by atoms with E-state index in [1.807, 2.05) is 24.3 Å². The molecule has 48 heavy (non-hydrogen) atoms. The van der Waals surface area contributed by atoms with Crippen molar-refractivity contribution in [1.82, 2.24) is 9.21 Å². The topological polar surface area (TPSA) is 115 Å². The summed E-state index contributed by atoms with van der Waals surface area (Å²) in [7, 11) is -7.30. The van der Waals surface area contributed by atoms with E-state index in [9.17, 15) is 10.2 Å². The van der Waals surface area contributed by atoms with Gasteiger partial charge in [0.1, 0.15) is 11.5 Å². The molecule has 272 valence electrons. The average Bonchev–Trinajstić information content (AvgIpc) is 3.11. The first kappa shape index (κ1) is 41.2. The summed E-state index contributed by atoms with van der Waals surface area (Å²) in [5.41, 5.74) is 1.16. The van der Waals surface area contributed by atoms with Crippen LogP contribution in [-0.4, -0.2) is 45.8 Å². The Hall–Kier alpha value is -1.19. The van der Waals surface area contributed by atoms with Gasteiger partial charge in [-0.15, -0.1) is 4.52 Å². The van der Waals surface area contributed by atoms with Gasteiger partial charge in [0.05, 0.1) is 39.6 Å². The van der Waals surface area contributed by atoms with E-state index >= 15 is 0 Å². The fourth-order valence-corrected chi connectivity index (χ4v) is 12.5. The molecule has 0 aliphatic carbocycles. The summed E-state index contributed by atoms with van der Waals surface area (Å²) in [6, 6.07) is 14.6. The van der Waals surface area contributed by atoms with Gasteiger partial charge in [0.2, 0.25) is 0 Å². The summed E-state index contributed by atoms with van der Waals surface area (Å²) in [6.07, 6.45) is 11.7. The van der Waals surface area contributed by atoms with E-state index in [0.717, 1.165) is 77.0 Å². The lowest BCUT2D eigenvalue weighted by atomic mass is 10.2. The quantitative estimate of drug-likeness (QED) is 0.0716. The van der Waals surface area contributed by atoms with Gasteiger partial charge in [0.25, 0.3) is 16.9 Å². The highest BCUT2D eigenvalue weighted by Gasteiger charge is 2.54. The molecule has 0 aromatic heterocycles. The van der Waals surface area contributed by atoms with Crippen LogP contribution in [0.1, 0.15) is 116 Å². The van der Waals surface area contributed by atoms with Crippen LogP contribution in [0.3, 0.4) is 0 Å². The van der Waals surface area contributed by atoms with Gasteiger partial charge >= 0.3 is 7.66 Å². The molecule has 0 spiro atoms. The smallest absolute Gasteiger partial charge is 0.417 e. The van der Waals surface area contributed by atoms with Crippen LogP contribution in [0.5, 0.6) is 11.5 Å². The minimum Gasteiger partial charge on any atom is -0.417 e. The number of hydrogen-bond donors (Lipinski definition) is 2. The van der Waals surface area contributed by atoms with Crippen LogP contribution >= 0.6 is 24.6 Å². The number of benzene rings is 2. The number of aliphatic hydroxyl groups excluding tert-OH is 2. The van der Waals surface area contributed by atoms with Crippen LogP contribution in [-0.2, 0) is 31.9 Å². The molecule has 0 bridgehead atoms. The van der Waals surface area contributed by atoms with Crippen molar-refractivity contribution in [3.8, 4) is 11.5 Å². The van der Waals surface area contributed by atoms with Crippen LogP contribution in [0.4, 0.5) is 0 Å². The van der Waals surface area contributed by atoms with Crippen molar-refractivity contribution in [2.24, 2.45) is 4.52 Å². The van der Waals surface area contributed by atoms with Gasteiger partial charge in [-0.1, -0.05) is 120 Å². The van der Waals surface area contributed by atoms with E-state index in [2.05, 4.69) is 27.7 Å². The minimum atomic E-state index is -3.68. The fourth-order valence-electron chi connectivity index (χ4n) is 4.61. The monoisotopic (exact) mass is 729 g/mol. The summed E-state index contributed by atoms with van der Waals surface area (Å²) >= 11 is 0.